The molecule has 2 rings (SSSR count). The van der Waals surface area contributed by atoms with Gasteiger partial charge in [0.25, 0.3) is 5.91 Å². The van der Waals surface area contributed by atoms with Gasteiger partial charge in [0, 0.05) is 24.9 Å². The summed E-state index contributed by atoms with van der Waals surface area (Å²) in [6.45, 7) is 5.92. The maximum absolute atomic E-state index is 13.0. The number of aryl methyl sites for hydroxylation is 1. The van der Waals surface area contributed by atoms with Gasteiger partial charge in [-0.05, 0) is 17.9 Å². The van der Waals surface area contributed by atoms with Crippen LogP contribution >= 0.6 is 0 Å². The fourth-order valence-electron chi connectivity index (χ4n) is 3.04. The van der Waals surface area contributed by atoms with Gasteiger partial charge in [-0.15, -0.1) is 0 Å². The third-order valence-electron chi connectivity index (χ3n) is 4.57. The first-order valence-corrected chi connectivity index (χ1v) is 9.78. The predicted octanol–water partition coefficient (Wildman–Crippen LogP) is 2.08. The Balaban J connectivity index is 2.25. The molecule has 0 bridgehead atoms. The average molecular weight is 413 g/mol. The Morgan fingerprint density at radius 3 is 2.60 bits per heavy atom. The average Bonchev–Trinajstić information content (AvgIpc) is 3.04. The van der Waals surface area contributed by atoms with E-state index in [1.54, 1.807) is 16.8 Å². The Hall–Kier alpha value is -3.41. The quantitative estimate of drug-likeness (QED) is 0.538. The minimum absolute atomic E-state index is 0.0208. The third-order valence-corrected chi connectivity index (χ3v) is 4.57. The number of rotatable bonds is 9. The van der Waals surface area contributed by atoms with Crippen LogP contribution in [0.1, 0.15) is 50.5 Å². The Morgan fingerprint density at radius 2 is 1.97 bits per heavy atom. The van der Waals surface area contributed by atoms with Crippen molar-refractivity contribution in [1.82, 2.24) is 20.4 Å². The molecular formula is C21H27N5O4. The van der Waals surface area contributed by atoms with Crippen LogP contribution in [-0.4, -0.2) is 45.3 Å². The number of nitrogens with one attached hydrogen (secondary N) is 2. The van der Waals surface area contributed by atoms with Crippen molar-refractivity contribution in [2.45, 2.75) is 52.6 Å². The van der Waals surface area contributed by atoms with Crippen LogP contribution in [0.15, 0.2) is 24.3 Å². The number of aliphatic carboxylic acids is 1. The van der Waals surface area contributed by atoms with Crippen LogP contribution in [0.5, 0.6) is 0 Å². The summed E-state index contributed by atoms with van der Waals surface area (Å²) in [5.74, 6) is -1.95. The van der Waals surface area contributed by atoms with Crippen LogP contribution in [0.2, 0.25) is 0 Å². The highest BCUT2D eigenvalue weighted by Gasteiger charge is 2.34. The van der Waals surface area contributed by atoms with E-state index in [-0.39, 0.29) is 18.7 Å². The summed E-state index contributed by atoms with van der Waals surface area (Å²) in [5.41, 5.74) is 0.377. The Bertz CT molecular complexity index is 968. The Morgan fingerprint density at radius 1 is 1.27 bits per heavy atom. The molecule has 0 radical (unpaired) electrons. The van der Waals surface area contributed by atoms with E-state index in [1.807, 2.05) is 32.9 Å². The van der Waals surface area contributed by atoms with E-state index in [0.29, 0.717) is 24.8 Å². The summed E-state index contributed by atoms with van der Waals surface area (Å²) in [7, 11) is 0. The SMILES string of the molecule is CC(C)(C)[C@H](NC(=O)c1nn(CCCC#N)c2ccccc12)C(=O)NCCC(=O)O. The van der Waals surface area contributed by atoms with Gasteiger partial charge in [0.1, 0.15) is 6.04 Å². The summed E-state index contributed by atoms with van der Waals surface area (Å²) >= 11 is 0. The molecule has 0 aliphatic rings. The van der Waals surface area contributed by atoms with Gasteiger partial charge in [0.15, 0.2) is 5.69 Å². The Kier molecular flexibility index (Phi) is 7.53. The van der Waals surface area contributed by atoms with E-state index in [0.717, 1.165) is 5.52 Å². The number of benzene rings is 1. The maximum Gasteiger partial charge on any atom is 0.305 e. The first-order chi connectivity index (χ1) is 14.1. The number of nitrogens with zero attached hydrogens (tertiary/aromatic N) is 3. The van der Waals surface area contributed by atoms with Gasteiger partial charge in [0.2, 0.25) is 5.91 Å². The van der Waals surface area contributed by atoms with Crippen molar-refractivity contribution >= 4 is 28.7 Å². The Labute approximate surface area is 175 Å². The number of nitriles is 1. The molecule has 0 saturated heterocycles. The predicted molar refractivity (Wildman–Crippen MR) is 111 cm³/mol. The lowest BCUT2D eigenvalue weighted by Gasteiger charge is -2.30. The zero-order valence-corrected chi connectivity index (χ0v) is 17.4. The topological polar surface area (TPSA) is 137 Å². The number of carboxylic acids is 1. The van der Waals surface area contributed by atoms with Gasteiger partial charge in [-0.25, -0.2) is 0 Å². The molecule has 1 heterocycles. The first kappa shape index (κ1) is 22.9. The maximum atomic E-state index is 13.0. The van der Waals surface area contributed by atoms with Crippen LogP contribution < -0.4 is 10.6 Å². The monoisotopic (exact) mass is 413 g/mol. The van der Waals surface area contributed by atoms with Crippen molar-refractivity contribution in [2.24, 2.45) is 5.41 Å². The molecule has 0 aliphatic heterocycles. The zero-order valence-electron chi connectivity index (χ0n) is 17.4. The number of carbonyl (C=O) groups is 3. The van der Waals surface area contributed by atoms with E-state index >= 15 is 0 Å². The molecule has 1 atom stereocenters. The number of amides is 2. The molecular weight excluding hydrogens is 386 g/mol. The van der Waals surface area contributed by atoms with Gasteiger partial charge in [0.05, 0.1) is 18.0 Å². The lowest BCUT2D eigenvalue weighted by atomic mass is 9.86. The molecule has 0 aliphatic carbocycles. The highest BCUT2D eigenvalue weighted by molar-refractivity contribution is 6.06. The minimum Gasteiger partial charge on any atom is -0.481 e. The van der Waals surface area contributed by atoms with E-state index in [9.17, 15) is 14.4 Å². The van der Waals surface area contributed by atoms with Gasteiger partial charge >= 0.3 is 5.97 Å². The van der Waals surface area contributed by atoms with Crippen molar-refractivity contribution in [3.8, 4) is 6.07 Å². The number of unbranched alkanes of at least 4 members (excludes halogenated alkanes) is 1. The minimum atomic E-state index is -1.01. The highest BCUT2D eigenvalue weighted by atomic mass is 16.4. The van der Waals surface area contributed by atoms with Gasteiger partial charge in [-0.2, -0.15) is 10.4 Å². The molecule has 30 heavy (non-hydrogen) atoms. The number of aromatic nitrogens is 2. The van der Waals surface area contributed by atoms with E-state index < -0.39 is 29.2 Å². The van der Waals surface area contributed by atoms with Crippen molar-refractivity contribution in [1.29, 1.82) is 5.26 Å². The van der Waals surface area contributed by atoms with Crippen molar-refractivity contribution in [2.75, 3.05) is 6.54 Å². The molecule has 2 aromatic rings. The number of hydrogen-bond acceptors (Lipinski definition) is 5. The molecule has 2 amide bonds. The van der Waals surface area contributed by atoms with Crippen LogP contribution in [-0.2, 0) is 16.1 Å². The second-order valence-corrected chi connectivity index (χ2v) is 8.06. The normalized spacial score (nSPS) is 12.2. The first-order valence-electron chi connectivity index (χ1n) is 9.78. The molecule has 9 nitrogen and oxygen atoms in total. The highest BCUT2D eigenvalue weighted by Crippen LogP contribution is 2.22. The summed E-state index contributed by atoms with van der Waals surface area (Å²) in [5, 5.41) is 27.9. The molecule has 0 fully saturated rings. The van der Waals surface area contributed by atoms with Crippen LogP contribution in [0.3, 0.4) is 0 Å². The van der Waals surface area contributed by atoms with Crippen LogP contribution in [0, 0.1) is 16.7 Å². The van der Waals surface area contributed by atoms with Gasteiger partial charge < -0.3 is 15.7 Å². The fourth-order valence-corrected chi connectivity index (χ4v) is 3.04. The largest absolute Gasteiger partial charge is 0.481 e. The fraction of sp³-hybridized carbons (Fsp3) is 0.476. The lowest BCUT2D eigenvalue weighted by Crippen LogP contribution is -2.53. The summed E-state index contributed by atoms with van der Waals surface area (Å²) in [6, 6.07) is 8.51. The number of hydrogen-bond donors (Lipinski definition) is 3. The van der Waals surface area contributed by atoms with Crippen LogP contribution in [0.25, 0.3) is 10.9 Å². The van der Waals surface area contributed by atoms with Crippen LogP contribution in [0.4, 0.5) is 0 Å². The van der Waals surface area contributed by atoms with Crippen molar-refractivity contribution < 1.29 is 19.5 Å². The van der Waals surface area contributed by atoms with E-state index in [1.165, 1.54) is 0 Å². The van der Waals surface area contributed by atoms with Gasteiger partial charge in [-0.1, -0.05) is 39.0 Å². The zero-order chi connectivity index (χ0) is 22.3. The number of carboxylic acid groups (broad SMARTS) is 1. The smallest absolute Gasteiger partial charge is 0.305 e. The van der Waals surface area contributed by atoms with Gasteiger partial charge in [-0.3, -0.25) is 19.1 Å². The number of para-hydroxylation sites is 1. The van der Waals surface area contributed by atoms with E-state index in [2.05, 4.69) is 21.8 Å². The molecule has 3 N–H and O–H groups in total. The van der Waals surface area contributed by atoms with Crippen molar-refractivity contribution in [3.05, 3.63) is 30.0 Å². The summed E-state index contributed by atoms with van der Waals surface area (Å²) in [4.78, 5) is 36.3. The molecule has 1 aromatic carbocycles. The molecule has 0 saturated carbocycles. The van der Waals surface area contributed by atoms with E-state index in [4.69, 9.17) is 10.4 Å². The standard InChI is InChI=1S/C21H27N5O4/c1-21(2,3)18(20(30)23-12-10-16(27)28)24-19(29)17-14-8-4-5-9-15(14)26(25-17)13-7-6-11-22/h4-5,8-9,18H,6-7,10,12-13H2,1-3H3,(H,23,30)(H,24,29)(H,27,28)/t18-/m1/s1. The molecule has 9 heteroatoms. The second-order valence-electron chi connectivity index (χ2n) is 8.06. The molecule has 0 spiro atoms. The lowest BCUT2D eigenvalue weighted by molar-refractivity contribution is -0.137. The number of carbonyl (C=O) groups excluding carboxylic acids is 2. The summed E-state index contributed by atoms with van der Waals surface area (Å²) in [6.07, 6.45) is 0.798. The number of fused-ring (bicyclic) bond motifs is 1. The molecule has 160 valence electrons. The summed E-state index contributed by atoms with van der Waals surface area (Å²) < 4.78 is 1.70. The molecule has 1 aromatic heterocycles. The third kappa shape index (κ3) is 5.80. The van der Waals surface area contributed by atoms with Crippen molar-refractivity contribution in [3.63, 3.8) is 0 Å². The second kappa shape index (κ2) is 9.87. The molecule has 0 unspecified atom stereocenters.